The molecule has 0 saturated carbocycles. The van der Waals surface area contributed by atoms with Crippen LogP contribution in [0, 0.1) is 0 Å². The van der Waals surface area contributed by atoms with Crippen LogP contribution in [-0.2, 0) is 30.0 Å². The van der Waals surface area contributed by atoms with E-state index in [2.05, 4.69) is 21.0 Å². The summed E-state index contributed by atoms with van der Waals surface area (Å²) in [4.78, 5) is 31.9. The molecule has 0 bridgehead atoms. The van der Waals surface area contributed by atoms with E-state index in [0.29, 0.717) is 11.1 Å². The van der Waals surface area contributed by atoms with Crippen LogP contribution in [0.15, 0.2) is 60.7 Å². The van der Waals surface area contributed by atoms with Gasteiger partial charge in [0, 0.05) is 0 Å². The van der Waals surface area contributed by atoms with Gasteiger partial charge in [0.05, 0.1) is 11.1 Å². The molecule has 2 aromatic carbocycles. The summed E-state index contributed by atoms with van der Waals surface area (Å²) in [5.74, 6) is -1.42. The number of carbonyl (C=O) groups excluding carboxylic acids is 2. The topological polar surface area (TPSA) is 116 Å². The van der Waals surface area contributed by atoms with E-state index < -0.39 is 21.0 Å². The maximum atomic E-state index is 11.5. The predicted octanol–water partition coefficient (Wildman–Crippen LogP) is -4.38. The molecule has 0 aromatic heterocycles. The van der Waals surface area contributed by atoms with Crippen LogP contribution in [0.3, 0.4) is 0 Å². The molecule has 0 aliphatic heterocycles. The van der Waals surface area contributed by atoms with Crippen molar-refractivity contribution < 1.29 is 91.8 Å². The largest absolute Gasteiger partial charge is 1.00 e. The second kappa shape index (κ2) is 13.8. The van der Waals surface area contributed by atoms with Gasteiger partial charge in [-0.25, -0.2) is 19.4 Å². The Labute approximate surface area is 193 Å². The number of carbonyl (C=O) groups is 2. The molecule has 122 valence electrons. The zero-order valence-corrected chi connectivity index (χ0v) is 19.1. The van der Waals surface area contributed by atoms with Crippen molar-refractivity contribution in [1.29, 1.82) is 0 Å². The third-order valence-corrected chi connectivity index (χ3v) is 2.21. The van der Waals surface area contributed by atoms with E-state index in [1.807, 2.05) is 0 Å². The molecule has 0 aliphatic rings. The molecular formula is C14H10Na2O7S2. The summed E-state index contributed by atoms with van der Waals surface area (Å²) in [6, 6.07) is 16.6. The number of rotatable bonds is 2. The van der Waals surface area contributed by atoms with E-state index in [9.17, 15) is 9.59 Å². The molecule has 0 spiro atoms. The monoisotopic (exact) mass is 400 g/mol. The Morgan fingerprint density at radius 2 is 1.00 bits per heavy atom. The van der Waals surface area contributed by atoms with Crippen molar-refractivity contribution in [2.75, 3.05) is 0 Å². The summed E-state index contributed by atoms with van der Waals surface area (Å²) in [6.45, 7) is 0. The van der Waals surface area contributed by atoms with Crippen molar-refractivity contribution in [2.24, 2.45) is 0 Å². The maximum absolute atomic E-state index is 11.5. The SMILES string of the molecule is O=C(OOC(=O)c1ccccc1)c1ccccc1.O=S([O-])([O-])=S.[Na+].[Na+]. The van der Waals surface area contributed by atoms with Crippen LogP contribution in [0.5, 0.6) is 0 Å². The van der Waals surface area contributed by atoms with Gasteiger partial charge in [-0.05, 0) is 35.5 Å². The van der Waals surface area contributed by atoms with Gasteiger partial charge in [0.25, 0.3) is 0 Å². The number of benzene rings is 2. The second-order valence-corrected chi connectivity index (χ2v) is 5.92. The summed E-state index contributed by atoms with van der Waals surface area (Å²) in [6.07, 6.45) is 0. The van der Waals surface area contributed by atoms with E-state index in [1.165, 1.54) is 0 Å². The second-order valence-electron chi connectivity index (χ2n) is 3.88. The van der Waals surface area contributed by atoms with E-state index >= 15 is 0 Å². The average molecular weight is 400 g/mol. The molecular weight excluding hydrogens is 390 g/mol. The van der Waals surface area contributed by atoms with Gasteiger partial charge in [-0.1, -0.05) is 36.4 Å². The first-order valence-corrected chi connectivity index (χ1v) is 8.30. The molecule has 0 radical (unpaired) electrons. The fourth-order valence-corrected chi connectivity index (χ4v) is 1.32. The normalized spacial score (nSPS) is 9.20. The summed E-state index contributed by atoms with van der Waals surface area (Å²) in [5.41, 5.74) is 0.636. The third-order valence-electron chi connectivity index (χ3n) is 2.21. The van der Waals surface area contributed by atoms with Crippen LogP contribution < -0.4 is 59.1 Å². The fraction of sp³-hybridized carbons (Fsp3) is 0. The molecule has 25 heavy (non-hydrogen) atoms. The first kappa shape index (κ1) is 26.9. The van der Waals surface area contributed by atoms with E-state index in [1.54, 1.807) is 60.7 Å². The molecule has 0 unspecified atom stereocenters. The Morgan fingerprint density at radius 1 is 0.760 bits per heavy atom. The van der Waals surface area contributed by atoms with Crippen LogP contribution in [0.2, 0.25) is 0 Å². The van der Waals surface area contributed by atoms with Crippen molar-refractivity contribution in [3.63, 3.8) is 0 Å². The zero-order chi connectivity index (χ0) is 17.3. The minimum absolute atomic E-state index is 0. The molecule has 0 N–H and O–H groups in total. The third kappa shape index (κ3) is 13.5. The van der Waals surface area contributed by atoms with Gasteiger partial charge in [0.1, 0.15) is 0 Å². The van der Waals surface area contributed by atoms with Crippen molar-refractivity contribution in [2.45, 2.75) is 0 Å². The van der Waals surface area contributed by atoms with Crippen LogP contribution in [-0.4, -0.2) is 25.3 Å². The standard InChI is InChI=1S/C14H10O4.2Na.H2O3S2/c15-13(11-7-3-1-4-8-11)17-18-14(16)12-9-5-2-6-10-12;;;1-5(2,3)4/h1-10H;;;(H2,1,2,3,4)/q;2*+1;/p-2. The van der Waals surface area contributed by atoms with Crippen molar-refractivity contribution in [3.05, 3.63) is 71.8 Å². The molecule has 0 fully saturated rings. The quantitative estimate of drug-likeness (QED) is 0.282. The number of hydrogen-bond donors (Lipinski definition) is 0. The Bertz CT molecular complexity index is 694. The smallest absolute Gasteiger partial charge is 0.780 e. The number of hydrogen-bond acceptors (Lipinski definition) is 8. The molecule has 0 saturated heterocycles. The summed E-state index contributed by atoms with van der Waals surface area (Å²) in [5, 5.41) is 0. The van der Waals surface area contributed by atoms with Gasteiger partial charge < -0.3 is 9.11 Å². The van der Waals surface area contributed by atoms with Crippen LogP contribution >= 0.6 is 0 Å². The van der Waals surface area contributed by atoms with Crippen molar-refractivity contribution >= 4 is 32.2 Å². The van der Waals surface area contributed by atoms with Gasteiger partial charge in [-0.2, -0.15) is 0 Å². The minimum Gasteiger partial charge on any atom is -0.780 e. The molecule has 2 aromatic rings. The van der Waals surface area contributed by atoms with Crippen molar-refractivity contribution in [3.8, 4) is 0 Å². The van der Waals surface area contributed by atoms with E-state index in [0.717, 1.165) is 0 Å². The molecule has 0 amide bonds. The molecule has 11 heteroatoms. The van der Waals surface area contributed by atoms with Gasteiger partial charge in [0.2, 0.25) is 0 Å². The van der Waals surface area contributed by atoms with Gasteiger partial charge >= 0.3 is 71.1 Å². The Kier molecular flexibility index (Phi) is 14.9. The molecule has 2 rings (SSSR count). The molecule has 0 aliphatic carbocycles. The zero-order valence-electron chi connectivity index (χ0n) is 13.4. The molecule has 0 heterocycles. The molecule has 0 atom stereocenters. The summed E-state index contributed by atoms with van der Waals surface area (Å²) in [7, 11) is -4.33. The van der Waals surface area contributed by atoms with Crippen LogP contribution in [0.25, 0.3) is 0 Å². The van der Waals surface area contributed by atoms with Gasteiger partial charge in [-0.3, -0.25) is 4.21 Å². The molecule has 7 nitrogen and oxygen atoms in total. The predicted molar refractivity (Wildman–Crippen MR) is 80.8 cm³/mol. The van der Waals surface area contributed by atoms with Crippen molar-refractivity contribution in [1.82, 2.24) is 0 Å². The van der Waals surface area contributed by atoms with Gasteiger partial charge in [0.15, 0.2) is 0 Å². The Balaban J connectivity index is 0. The van der Waals surface area contributed by atoms with E-state index in [-0.39, 0.29) is 59.1 Å². The summed E-state index contributed by atoms with van der Waals surface area (Å²) >= 11 is 3.24. The summed E-state index contributed by atoms with van der Waals surface area (Å²) < 4.78 is 26.7. The Morgan fingerprint density at radius 3 is 1.24 bits per heavy atom. The van der Waals surface area contributed by atoms with Crippen LogP contribution in [0.1, 0.15) is 20.7 Å². The maximum Gasteiger partial charge on any atom is 1.00 e. The van der Waals surface area contributed by atoms with Gasteiger partial charge in [-0.15, -0.1) is 9.05 Å². The Hall–Kier alpha value is -0.330. The first-order chi connectivity index (χ1) is 10.8. The first-order valence-electron chi connectivity index (χ1n) is 5.97. The van der Waals surface area contributed by atoms with Crippen LogP contribution in [0.4, 0.5) is 0 Å². The average Bonchev–Trinajstić information content (AvgIpc) is 2.52. The fourth-order valence-electron chi connectivity index (χ4n) is 1.32. The minimum atomic E-state index is -4.33. The van der Waals surface area contributed by atoms with E-state index in [4.69, 9.17) is 13.3 Å².